The Bertz CT molecular complexity index is 517. The van der Waals surface area contributed by atoms with Crippen molar-refractivity contribution in [2.45, 2.75) is 39.4 Å². The Morgan fingerprint density at radius 2 is 2.04 bits per heavy atom. The molecule has 0 aromatic carbocycles. The van der Waals surface area contributed by atoms with Crippen LogP contribution in [0.4, 0.5) is 0 Å². The van der Waals surface area contributed by atoms with Crippen LogP contribution in [-0.2, 0) is 10.0 Å². The van der Waals surface area contributed by atoms with E-state index in [1.165, 1.54) is 6.26 Å². The Morgan fingerprint density at radius 3 is 2.43 bits per heavy atom. The molecule has 8 nitrogen and oxygen atoms in total. The number of nitrogens with two attached hydrogens (primary N) is 1. The molecule has 2 rings (SSSR count). The van der Waals surface area contributed by atoms with E-state index >= 15 is 0 Å². The van der Waals surface area contributed by atoms with Crippen molar-refractivity contribution in [3.05, 3.63) is 24.3 Å². The highest BCUT2D eigenvalue weighted by Gasteiger charge is 2.21. The highest BCUT2D eigenvalue weighted by Crippen LogP contribution is 2.00. The number of nitrogens with one attached hydrogen (secondary N) is 3. The summed E-state index contributed by atoms with van der Waals surface area (Å²) in [5.41, 5.74) is 6.34. The summed E-state index contributed by atoms with van der Waals surface area (Å²) in [6.45, 7) is 6.39. The van der Waals surface area contributed by atoms with Crippen molar-refractivity contribution < 1.29 is 8.42 Å². The zero-order chi connectivity index (χ0) is 16.6. The second-order valence-corrected chi connectivity index (χ2v) is 7.14. The maximum Gasteiger partial charge on any atom is 0.208 e. The van der Waals surface area contributed by atoms with Crippen LogP contribution in [0.15, 0.2) is 18.6 Å². The molecule has 134 valence electrons. The Morgan fingerprint density at radius 1 is 1.35 bits per heavy atom. The molecule has 23 heavy (non-hydrogen) atoms. The van der Waals surface area contributed by atoms with Gasteiger partial charge in [0.25, 0.3) is 0 Å². The molecule has 3 unspecified atom stereocenters. The van der Waals surface area contributed by atoms with Gasteiger partial charge in [0.05, 0.1) is 11.9 Å². The lowest BCUT2D eigenvalue weighted by Crippen LogP contribution is -2.57. The van der Waals surface area contributed by atoms with E-state index in [9.17, 15) is 8.42 Å². The quantitative estimate of drug-likeness (QED) is 0.586. The number of hydrogen-bond acceptors (Lipinski definition) is 7. The molecular weight excluding hydrogens is 316 g/mol. The summed E-state index contributed by atoms with van der Waals surface area (Å²) in [6.07, 6.45) is 6.12. The van der Waals surface area contributed by atoms with E-state index in [0.717, 1.165) is 25.3 Å². The normalized spacial score (nSPS) is 20.4. The third-order valence-corrected chi connectivity index (χ3v) is 3.93. The van der Waals surface area contributed by atoms with Crippen molar-refractivity contribution in [3.8, 4) is 0 Å². The maximum absolute atomic E-state index is 10.9. The van der Waals surface area contributed by atoms with Crippen molar-refractivity contribution in [2.24, 2.45) is 5.73 Å². The standard InChI is InChI=1S/C7H17N3O2S.C6H9N3.CH4/c1-6(10-13(2,11)12)7-5-8-3-4-9-7;1-5(7)6-4-8-2-3-9-6;/h6-10H,3-5H2,1-2H3;2-5H,7H2,1H3;1H4. The van der Waals surface area contributed by atoms with E-state index in [2.05, 4.69) is 25.3 Å². The van der Waals surface area contributed by atoms with Gasteiger partial charge in [-0.1, -0.05) is 7.43 Å². The summed E-state index contributed by atoms with van der Waals surface area (Å²) in [4.78, 5) is 7.85. The molecule has 1 aromatic heterocycles. The Kier molecular flexibility index (Phi) is 10.1. The molecular formula is C14H30N6O2S. The van der Waals surface area contributed by atoms with Crippen LogP contribution in [0.5, 0.6) is 0 Å². The number of rotatable bonds is 4. The van der Waals surface area contributed by atoms with Gasteiger partial charge in [-0.15, -0.1) is 0 Å². The fourth-order valence-electron chi connectivity index (χ4n) is 1.99. The Hall–Kier alpha value is -1.13. The van der Waals surface area contributed by atoms with Crippen molar-refractivity contribution in [1.29, 1.82) is 0 Å². The van der Waals surface area contributed by atoms with Gasteiger partial charge in [-0.05, 0) is 13.8 Å². The molecule has 9 heteroatoms. The van der Waals surface area contributed by atoms with Crippen molar-refractivity contribution in [1.82, 2.24) is 25.3 Å². The van der Waals surface area contributed by atoms with Crippen LogP contribution in [0.3, 0.4) is 0 Å². The van der Waals surface area contributed by atoms with Crippen LogP contribution < -0.4 is 21.1 Å². The van der Waals surface area contributed by atoms with Gasteiger partial charge in [-0.25, -0.2) is 13.1 Å². The zero-order valence-electron chi connectivity index (χ0n) is 13.3. The lowest BCUT2D eigenvalue weighted by molar-refractivity contribution is 0.363. The molecule has 0 bridgehead atoms. The van der Waals surface area contributed by atoms with Crippen molar-refractivity contribution >= 4 is 10.0 Å². The summed E-state index contributed by atoms with van der Waals surface area (Å²) < 4.78 is 24.4. The summed E-state index contributed by atoms with van der Waals surface area (Å²) in [5.74, 6) is 0. The summed E-state index contributed by atoms with van der Waals surface area (Å²) in [6, 6.07) is 0.102. The molecule has 3 atom stereocenters. The summed E-state index contributed by atoms with van der Waals surface area (Å²) in [7, 11) is -3.09. The molecule has 2 heterocycles. The van der Waals surface area contributed by atoms with Crippen LogP contribution >= 0.6 is 0 Å². The van der Waals surface area contributed by atoms with Crippen LogP contribution in [0.1, 0.15) is 33.0 Å². The van der Waals surface area contributed by atoms with E-state index < -0.39 is 10.0 Å². The number of hydrogen-bond donors (Lipinski definition) is 4. The van der Waals surface area contributed by atoms with E-state index in [0.29, 0.717) is 0 Å². The van der Waals surface area contributed by atoms with Gasteiger partial charge in [0.15, 0.2) is 0 Å². The topological polar surface area (TPSA) is 122 Å². The Balaban J connectivity index is 0.000000427. The SMILES string of the molecule is C.CC(N)c1cnccn1.CC(NS(C)(=O)=O)C1CNCCN1. The third kappa shape index (κ3) is 9.57. The summed E-state index contributed by atoms with van der Waals surface area (Å²) in [5, 5.41) is 6.46. The molecule has 1 aliphatic rings. The first-order valence-electron chi connectivity index (χ1n) is 7.22. The van der Waals surface area contributed by atoms with Crippen LogP contribution in [0.25, 0.3) is 0 Å². The number of sulfonamides is 1. The Labute approximate surface area is 139 Å². The first-order valence-corrected chi connectivity index (χ1v) is 9.11. The lowest BCUT2D eigenvalue weighted by atomic mass is 10.1. The first-order chi connectivity index (χ1) is 10.3. The monoisotopic (exact) mass is 346 g/mol. The minimum atomic E-state index is -3.09. The van der Waals surface area contributed by atoms with Gasteiger partial charge in [0.1, 0.15) is 0 Å². The molecule has 1 aromatic rings. The predicted octanol–water partition coefficient (Wildman–Crippen LogP) is -0.382. The fraction of sp³-hybridized carbons (Fsp3) is 0.714. The number of piperazine rings is 1. The number of nitrogens with zero attached hydrogens (tertiary/aromatic N) is 2. The first kappa shape index (κ1) is 21.9. The lowest BCUT2D eigenvalue weighted by Gasteiger charge is -2.29. The molecule has 0 spiro atoms. The van der Waals surface area contributed by atoms with Crippen LogP contribution in [0.2, 0.25) is 0 Å². The van der Waals surface area contributed by atoms with Gasteiger partial charge in [-0.3, -0.25) is 9.97 Å². The average Bonchev–Trinajstić information content (AvgIpc) is 2.48. The molecule has 1 saturated heterocycles. The van der Waals surface area contributed by atoms with E-state index in [1.54, 1.807) is 18.6 Å². The van der Waals surface area contributed by atoms with Crippen molar-refractivity contribution in [3.63, 3.8) is 0 Å². The number of aromatic nitrogens is 2. The molecule has 1 aliphatic heterocycles. The highest BCUT2D eigenvalue weighted by atomic mass is 32.2. The van der Waals surface area contributed by atoms with E-state index in [-0.39, 0.29) is 25.6 Å². The van der Waals surface area contributed by atoms with Crippen LogP contribution in [0, 0.1) is 0 Å². The maximum atomic E-state index is 10.9. The van der Waals surface area contributed by atoms with Crippen LogP contribution in [-0.4, -0.2) is 56.4 Å². The average molecular weight is 347 g/mol. The van der Waals surface area contributed by atoms with E-state index in [1.807, 2.05) is 13.8 Å². The van der Waals surface area contributed by atoms with Gasteiger partial charge >= 0.3 is 0 Å². The third-order valence-electron chi connectivity index (χ3n) is 3.13. The smallest absolute Gasteiger partial charge is 0.208 e. The van der Waals surface area contributed by atoms with Crippen molar-refractivity contribution in [2.75, 3.05) is 25.9 Å². The van der Waals surface area contributed by atoms with Gasteiger partial charge in [-0.2, -0.15) is 0 Å². The molecule has 0 saturated carbocycles. The van der Waals surface area contributed by atoms with Gasteiger partial charge < -0.3 is 16.4 Å². The molecule has 5 N–H and O–H groups in total. The van der Waals surface area contributed by atoms with Gasteiger partial charge in [0, 0.05) is 56.4 Å². The second-order valence-electron chi connectivity index (χ2n) is 5.36. The second kappa shape index (κ2) is 10.6. The summed E-state index contributed by atoms with van der Waals surface area (Å²) >= 11 is 0. The molecule has 1 fully saturated rings. The van der Waals surface area contributed by atoms with Gasteiger partial charge in [0.2, 0.25) is 10.0 Å². The molecule has 0 radical (unpaired) electrons. The zero-order valence-corrected chi connectivity index (χ0v) is 14.1. The molecule has 0 amide bonds. The predicted molar refractivity (Wildman–Crippen MR) is 93.5 cm³/mol. The largest absolute Gasteiger partial charge is 0.323 e. The minimum Gasteiger partial charge on any atom is -0.323 e. The molecule has 0 aliphatic carbocycles. The van der Waals surface area contributed by atoms with E-state index in [4.69, 9.17) is 5.73 Å². The fourth-order valence-corrected chi connectivity index (χ4v) is 2.83. The highest BCUT2D eigenvalue weighted by molar-refractivity contribution is 7.88. The minimum absolute atomic E-state index is 0.